The van der Waals surface area contributed by atoms with Crippen LogP contribution in [-0.2, 0) is 6.42 Å². The molecule has 1 heterocycles. The molecule has 1 aromatic rings. The normalized spacial score (nSPS) is 19.1. The van der Waals surface area contributed by atoms with Gasteiger partial charge in [0, 0.05) is 24.5 Å². The summed E-state index contributed by atoms with van der Waals surface area (Å²) in [6.45, 7) is 4.08. The van der Waals surface area contributed by atoms with E-state index in [-0.39, 0.29) is 19.2 Å². The Morgan fingerprint density at radius 2 is 1.82 bits per heavy atom. The van der Waals surface area contributed by atoms with Gasteiger partial charge in [-0.1, -0.05) is 12.1 Å². The molecule has 4 N–H and O–H groups in total. The lowest BCUT2D eigenvalue weighted by Gasteiger charge is -2.40. The van der Waals surface area contributed by atoms with Gasteiger partial charge in [-0.3, -0.25) is 9.80 Å². The molecule has 0 saturated heterocycles. The molecule has 0 bridgehead atoms. The number of benzene rings is 1. The molecule has 0 aromatic heterocycles. The van der Waals surface area contributed by atoms with Crippen LogP contribution in [0.2, 0.25) is 0 Å². The van der Waals surface area contributed by atoms with E-state index in [4.69, 9.17) is 10.8 Å². The fourth-order valence-corrected chi connectivity index (χ4v) is 2.55. The second kappa shape index (κ2) is 6.81. The van der Waals surface area contributed by atoms with Gasteiger partial charge < -0.3 is 15.9 Å². The molecule has 6 nitrogen and oxygen atoms in total. The summed E-state index contributed by atoms with van der Waals surface area (Å²) >= 11 is 0. The van der Waals surface area contributed by atoms with E-state index < -0.39 is 6.23 Å². The number of urea groups is 1. The average molecular weight is 305 g/mol. The third-order valence-corrected chi connectivity index (χ3v) is 4.08. The number of nitrogens with zero attached hydrogens (tertiary/aromatic N) is 2. The van der Waals surface area contributed by atoms with Gasteiger partial charge in [0.05, 0.1) is 6.61 Å². The molecular formula is C16H23N3O3. The van der Waals surface area contributed by atoms with Gasteiger partial charge in [0.15, 0.2) is 6.23 Å². The van der Waals surface area contributed by atoms with Gasteiger partial charge in [0.2, 0.25) is 0 Å². The largest absolute Gasteiger partial charge is 0.399 e. The summed E-state index contributed by atoms with van der Waals surface area (Å²) in [4.78, 5) is 15.4. The minimum absolute atomic E-state index is 0.114. The Labute approximate surface area is 130 Å². The molecule has 1 unspecified atom stereocenters. The molecule has 120 valence electrons. The summed E-state index contributed by atoms with van der Waals surface area (Å²) in [5, 5.41) is 19.2. The lowest BCUT2D eigenvalue weighted by molar-refractivity contribution is 0.0238. The highest BCUT2D eigenvalue weighted by molar-refractivity contribution is 5.78. The smallest absolute Gasteiger partial charge is 0.326 e. The zero-order chi connectivity index (χ0) is 16.3. The summed E-state index contributed by atoms with van der Waals surface area (Å²) in [5.74, 6) is 0. The fourth-order valence-electron chi connectivity index (χ4n) is 2.55. The summed E-state index contributed by atoms with van der Waals surface area (Å²) in [6.07, 6.45) is -0.271. The summed E-state index contributed by atoms with van der Waals surface area (Å²) in [6, 6.07) is 7.28. The van der Waals surface area contributed by atoms with Gasteiger partial charge in [-0.25, -0.2) is 4.79 Å². The number of allylic oxidation sites excluding steroid dienone is 1. The second-order valence-corrected chi connectivity index (χ2v) is 5.48. The van der Waals surface area contributed by atoms with Gasteiger partial charge in [-0.15, -0.1) is 0 Å². The van der Waals surface area contributed by atoms with Crippen molar-refractivity contribution in [3.8, 4) is 0 Å². The zero-order valence-electron chi connectivity index (χ0n) is 13.0. The predicted molar refractivity (Wildman–Crippen MR) is 84.8 cm³/mol. The van der Waals surface area contributed by atoms with Crippen LogP contribution in [0.3, 0.4) is 0 Å². The van der Waals surface area contributed by atoms with Gasteiger partial charge in [-0.2, -0.15) is 0 Å². The number of anilines is 1. The van der Waals surface area contributed by atoms with E-state index >= 15 is 0 Å². The summed E-state index contributed by atoms with van der Waals surface area (Å²) in [5.41, 5.74) is 8.96. The van der Waals surface area contributed by atoms with E-state index in [1.54, 1.807) is 11.8 Å². The van der Waals surface area contributed by atoms with Crippen LogP contribution in [-0.4, -0.2) is 52.0 Å². The van der Waals surface area contributed by atoms with Crippen molar-refractivity contribution in [1.29, 1.82) is 0 Å². The van der Waals surface area contributed by atoms with Gasteiger partial charge in [-0.05, 0) is 43.5 Å². The van der Waals surface area contributed by atoms with Crippen LogP contribution < -0.4 is 5.73 Å². The number of amides is 2. The quantitative estimate of drug-likeness (QED) is 0.712. The number of hydrogen-bond donors (Lipinski definition) is 3. The second-order valence-electron chi connectivity index (χ2n) is 5.48. The first kappa shape index (κ1) is 16.3. The van der Waals surface area contributed by atoms with Crippen LogP contribution in [0.4, 0.5) is 10.5 Å². The zero-order valence-corrected chi connectivity index (χ0v) is 13.0. The number of aliphatic hydroxyl groups is 2. The maximum atomic E-state index is 12.5. The maximum absolute atomic E-state index is 12.5. The third kappa shape index (κ3) is 3.23. The highest BCUT2D eigenvalue weighted by Gasteiger charge is 2.34. The van der Waals surface area contributed by atoms with Gasteiger partial charge >= 0.3 is 6.03 Å². The van der Waals surface area contributed by atoms with Crippen LogP contribution in [0.5, 0.6) is 0 Å². The van der Waals surface area contributed by atoms with Crippen molar-refractivity contribution >= 4 is 11.7 Å². The Morgan fingerprint density at radius 1 is 1.18 bits per heavy atom. The van der Waals surface area contributed by atoms with Crippen LogP contribution in [0.15, 0.2) is 35.5 Å². The highest BCUT2D eigenvalue weighted by Crippen LogP contribution is 2.24. The van der Waals surface area contributed by atoms with Crippen molar-refractivity contribution in [2.45, 2.75) is 26.5 Å². The lowest BCUT2D eigenvalue weighted by Crippen LogP contribution is -2.54. The van der Waals surface area contributed by atoms with E-state index in [0.29, 0.717) is 18.7 Å². The topological polar surface area (TPSA) is 90.0 Å². The van der Waals surface area contributed by atoms with Crippen molar-refractivity contribution in [1.82, 2.24) is 9.80 Å². The van der Waals surface area contributed by atoms with Gasteiger partial charge in [0.25, 0.3) is 0 Å². The molecular weight excluding hydrogens is 282 g/mol. The first-order valence-electron chi connectivity index (χ1n) is 7.34. The van der Waals surface area contributed by atoms with Crippen LogP contribution in [0.1, 0.15) is 19.4 Å². The molecule has 1 atom stereocenters. The molecule has 1 aliphatic heterocycles. The minimum atomic E-state index is -0.965. The molecule has 22 heavy (non-hydrogen) atoms. The van der Waals surface area contributed by atoms with E-state index in [9.17, 15) is 9.90 Å². The molecule has 2 amide bonds. The van der Waals surface area contributed by atoms with Crippen molar-refractivity contribution in [2.75, 3.05) is 25.4 Å². The standard InChI is InChI=1S/C16H23N3O3/c1-11-12(2)18(16(22)19(9-10-20)15(11)21)8-7-13-3-5-14(17)6-4-13/h3-6,15,20-21H,7-10,17H2,1-2H3. The third-order valence-electron chi connectivity index (χ3n) is 4.08. The predicted octanol–water partition coefficient (Wildman–Crippen LogP) is 1.15. The minimum Gasteiger partial charge on any atom is -0.399 e. The van der Waals surface area contributed by atoms with Crippen LogP contribution in [0.25, 0.3) is 0 Å². The SMILES string of the molecule is CC1=C(C)N(CCc2ccc(N)cc2)C(=O)N(CCO)C1O. The number of rotatable bonds is 5. The number of nitrogens with two attached hydrogens (primary N) is 1. The van der Waals surface area contributed by atoms with Crippen LogP contribution in [0, 0.1) is 0 Å². The molecule has 1 aliphatic rings. The lowest BCUT2D eigenvalue weighted by atomic mass is 10.1. The number of carbonyl (C=O) groups is 1. The molecule has 0 saturated carbocycles. The van der Waals surface area contributed by atoms with E-state index in [0.717, 1.165) is 16.8 Å². The summed E-state index contributed by atoms with van der Waals surface area (Å²) in [7, 11) is 0. The van der Waals surface area contributed by atoms with E-state index in [1.807, 2.05) is 31.2 Å². The molecule has 0 fully saturated rings. The molecule has 6 heteroatoms. The maximum Gasteiger partial charge on any atom is 0.326 e. The number of aliphatic hydroxyl groups excluding tert-OH is 2. The first-order chi connectivity index (χ1) is 10.5. The highest BCUT2D eigenvalue weighted by atomic mass is 16.3. The van der Waals surface area contributed by atoms with E-state index in [1.165, 1.54) is 4.90 Å². The fraction of sp³-hybridized carbons (Fsp3) is 0.438. The van der Waals surface area contributed by atoms with Gasteiger partial charge in [0.1, 0.15) is 0 Å². The van der Waals surface area contributed by atoms with Crippen molar-refractivity contribution in [3.05, 3.63) is 41.1 Å². The Kier molecular flexibility index (Phi) is 5.05. The monoisotopic (exact) mass is 305 g/mol. The number of β-amino-alcohol motifs (C(OH)–C–C–N with tert-alkyl or cyclic N) is 1. The molecule has 0 aliphatic carbocycles. The Bertz CT molecular complexity index is 569. The molecule has 2 rings (SSSR count). The van der Waals surface area contributed by atoms with E-state index in [2.05, 4.69) is 0 Å². The number of hydrogen-bond acceptors (Lipinski definition) is 4. The average Bonchev–Trinajstić information content (AvgIpc) is 2.51. The first-order valence-corrected chi connectivity index (χ1v) is 7.34. The Morgan fingerprint density at radius 3 is 2.41 bits per heavy atom. The summed E-state index contributed by atoms with van der Waals surface area (Å²) < 4.78 is 0. The van der Waals surface area contributed by atoms with Crippen molar-refractivity contribution < 1.29 is 15.0 Å². The molecule has 0 spiro atoms. The number of carbonyl (C=O) groups excluding carboxylic acids is 1. The molecule has 0 radical (unpaired) electrons. The Balaban J connectivity index is 2.14. The Hall–Kier alpha value is -2.05. The van der Waals surface area contributed by atoms with Crippen molar-refractivity contribution in [3.63, 3.8) is 0 Å². The van der Waals surface area contributed by atoms with Crippen molar-refractivity contribution in [2.24, 2.45) is 0 Å². The number of nitrogen functional groups attached to an aromatic ring is 1. The van der Waals surface area contributed by atoms with Crippen LogP contribution >= 0.6 is 0 Å². The molecule has 1 aromatic carbocycles.